The Kier molecular flexibility index (Phi) is 1.74. The quantitative estimate of drug-likeness (QED) is 0.638. The molecular formula is C9H7BrS. The van der Waals surface area contributed by atoms with Crippen LogP contribution in [-0.4, -0.2) is 0 Å². The van der Waals surface area contributed by atoms with Gasteiger partial charge in [-0.05, 0) is 36.1 Å². The van der Waals surface area contributed by atoms with E-state index in [2.05, 4.69) is 46.4 Å². The van der Waals surface area contributed by atoms with E-state index < -0.39 is 0 Å². The molecule has 0 aliphatic rings. The third-order valence-electron chi connectivity index (χ3n) is 1.67. The van der Waals surface area contributed by atoms with Crippen molar-refractivity contribution >= 4 is 37.4 Å². The molecule has 1 aromatic heterocycles. The minimum Gasteiger partial charge on any atom is -0.144 e. The molecule has 0 fully saturated rings. The van der Waals surface area contributed by atoms with E-state index in [9.17, 15) is 0 Å². The average Bonchev–Trinajstić information content (AvgIpc) is 2.34. The number of fused-ring (bicyclic) bond motifs is 1. The summed E-state index contributed by atoms with van der Waals surface area (Å²) >= 11 is 5.32. The maximum absolute atomic E-state index is 3.53. The van der Waals surface area contributed by atoms with Crippen LogP contribution in [0, 0.1) is 6.92 Å². The Bertz CT molecular complexity index is 389. The van der Waals surface area contributed by atoms with Gasteiger partial charge in [-0.3, -0.25) is 0 Å². The Morgan fingerprint density at radius 2 is 2.18 bits per heavy atom. The maximum atomic E-state index is 3.53. The van der Waals surface area contributed by atoms with Crippen LogP contribution in [0.1, 0.15) is 5.56 Å². The first-order chi connectivity index (χ1) is 5.27. The summed E-state index contributed by atoms with van der Waals surface area (Å²) in [4.78, 5) is 0. The highest BCUT2D eigenvalue weighted by Crippen LogP contribution is 2.29. The molecular weight excluding hydrogens is 220 g/mol. The van der Waals surface area contributed by atoms with E-state index in [1.165, 1.54) is 20.1 Å². The molecule has 2 heteroatoms. The highest BCUT2D eigenvalue weighted by atomic mass is 79.9. The van der Waals surface area contributed by atoms with Gasteiger partial charge in [0.05, 0.1) is 0 Å². The molecule has 0 atom stereocenters. The Morgan fingerprint density at radius 3 is 3.00 bits per heavy atom. The minimum absolute atomic E-state index is 1.20. The summed E-state index contributed by atoms with van der Waals surface area (Å²) in [5, 5.41) is 3.44. The summed E-state index contributed by atoms with van der Waals surface area (Å²) < 4.78 is 2.56. The Balaban J connectivity index is 2.91. The summed E-state index contributed by atoms with van der Waals surface area (Å²) in [6.45, 7) is 2.11. The lowest BCUT2D eigenvalue weighted by molar-refractivity contribution is 1.50. The van der Waals surface area contributed by atoms with Gasteiger partial charge in [0.1, 0.15) is 0 Å². The molecule has 2 aromatic rings. The van der Waals surface area contributed by atoms with Gasteiger partial charge < -0.3 is 0 Å². The second-order valence-corrected chi connectivity index (χ2v) is 4.38. The van der Waals surface area contributed by atoms with Gasteiger partial charge in [-0.15, -0.1) is 11.3 Å². The molecule has 0 bridgehead atoms. The first-order valence-corrected chi connectivity index (χ1v) is 5.08. The Hall–Kier alpha value is -0.340. The fraction of sp³-hybridized carbons (Fsp3) is 0.111. The SMILES string of the molecule is Cc1cc(Br)c2ccsc2c1. The van der Waals surface area contributed by atoms with Crippen molar-refractivity contribution in [1.29, 1.82) is 0 Å². The van der Waals surface area contributed by atoms with Crippen LogP contribution >= 0.6 is 27.3 Å². The molecule has 0 radical (unpaired) electrons. The molecule has 0 amide bonds. The van der Waals surface area contributed by atoms with Crippen LogP contribution < -0.4 is 0 Å². The van der Waals surface area contributed by atoms with Crippen LogP contribution in [0.15, 0.2) is 28.1 Å². The normalized spacial score (nSPS) is 10.7. The van der Waals surface area contributed by atoms with E-state index in [1.807, 2.05) is 0 Å². The third kappa shape index (κ3) is 1.21. The van der Waals surface area contributed by atoms with Gasteiger partial charge in [0, 0.05) is 14.6 Å². The van der Waals surface area contributed by atoms with E-state index in [1.54, 1.807) is 11.3 Å². The largest absolute Gasteiger partial charge is 0.144 e. The number of thiophene rings is 1. The van der Waals surface area contributed by atoms with Crippen molar-refractivity contribution in [2.45, 2.75) is 6.92 Å². The Morgan fingerprint density at radius 1 is 1.36 bits per heavy atom. The van der Waals surface area contributed by atoms with Crippen molar-refractivity contribution < 1.29 is 0 Å². The van der Waals surface area contributed by atoms with Gasteiger partial charge in [0.15, 0.2) is 0 Å². The molecule has 56 valence electrons. The first kappa shape index (κ1) is 7.32. The van der Waals surface area contributed by atoms with Crippen LogP contribution in [0.4, 0.5) is 0 Å². The maximum Gasteiger partial charge on any atom is 0.0356 e. The van der Waals surface area contributed by atoms with E-state index in [0.29, 0.717) is 0 Å². The van der Waals surface area contributed by atoms with Crippen molar-refractivity contribution in [3.63, 3.8) is 0 Å². The molecule has 2 rings (SSSR count). The standard InChI is InChI=1S/C9H7BrS/c1-6-4-8(10)7-2-3-11-9(7)5-6/h2-5H,1H3. The van der Waals surface area contributed by atoms with Crippen LogP contribution in [0.5, 0.6) is 0 Å². The lowest BCUT2D eigenvalue weighted by Crippen LogP contribution is -1.71. The van der Waals surface area contributed by atoms with Gasteiger partial charge in [-0.25, -0.2) is 0 Å². The highest BCUT2D eigenvalue weighted by Gasteiger charge is 1.99. The van der Waals surface area contributed by atoms with Gasteiger partial charge in [-0.1, -0.05) is 15.9 Å². The summed E-state index contributed by atoms with van der Waals surface area (Å²) in [7, 11) is 0. The van der Waals surface area contributed by atoms with E-state index >= 15 is 0 Å². The summed E-state index contributed by atoms with van der Waals surface area (Å²) in [5.74, 6) is 0. The molecule has 0 spiro atoms. The molecule has 1 aromatic carbocycles. The van der Waals surface area contributed by atoms with Crippen LogP contribution in [-0.2, 0) is 0 Å². The zero-order valence-corrected chi connectivity index (χ0v) is 8.50. The number of halogens is 1. The zero-order valence-electron chi connectivity index (χ0n) is 6.10. The predicted molar refractivity (Wildman–Crippen MR) is 54.3 cm³/mol. The monoisotopic (exact) mass is 226 g/mol. The highest BCUT2D eigenvalue weighted by molar-refractivity contribution is 9.10. The second-order valence-electron chi connectivity index (χ2n) is 2.58. The Labute approximate surface area is 78.0 Å². The molecule has 0 N–H and O–H groups in total. The van der Waals surface area contributed by atoms with Crippen LogP contribution in [0.2, 0.25) is 0 Å². The van der Waals surface area contributed by atoms with E-state index in [-0.39, 0.29) is 0 Å². The average molecular weight is 227 g/mol. The zero-order chi connectivity index (χ0) is 7.84. The third-order valence-corrected chi connectivity index (χ3v) is 3.19. The summed E-state index contributed by atoms with van der Waals surface area (Å²) in [5.41, 5.74) is 1.31. The molecule has 0 unspecified atom stereocenters. The number of hydrogen-bond donors (Lipinski definition) is 0. The first-order valence-electron chi connectivity index (χ1n) is 3.41. The number of benzene rings is 1. The summed E-state index contributed by atoms with van der Waals surface area (Å²) in [6.07, 6.45) is 0. The number of hydrogen-bond acceptors (Lipinski definition) is 1. The number of aryl methyl sites for hydroxylation is 1. The molecule has 0 saturated heterocycles. The van der Waals surface area contributed by atoms with E-state index in [0.717, 1.165) is 0 Å². The van der Waals surface area contributed by atoms with Crippen molar-refractivity contribution in [2.75, 3.05) is 0 Å². The van der Waals surface area contributed by atoms with Gasteiger partial charge in [0.2, 0.25) is 0 Å². The molecule has 0 aliphatic carbocycles. The molecule has 0 aliphatic heterocycles. The molecule has 0 saturated carbocycles. The minimum atomic E-state index is 1.20. The topological polar surface area (TPSA) is 0 Å². The van der Waals surface area contributed by atoms with Crippen LogP contribution in [0.25, 0.3) is 10.1 Å². The van der Waals surface area contributed by atoms with Gasteiger partial charge >= 0.3 is 0 Å². The lowest BCUT2D eigenvalue weighted by Gasteiger charge is -1.95. The van der Waals surface area contributed by atoms with Crippen molar-refractivity contribution in [2.24, 2.45) is 0 Å². The molecule has 0 nitrogen and oxygen atoms in total. The van der Waals surface area contributed by atoms with Crippen LogP contribution in [0.3, 0.4) is 0 Å². The molecule has 11 heavy (non-hydrogen) atoms. The summed E-state index contributed by atoms with van der Waals surface area (Å²) in [6, 6.07) is 6.50. The lowest BCUT2D eigenvalue weighted by atomic mass is 10.2. The fourth-order valence-corrected chi connectivity index (χ4v) is 2.90. The van der Waals surface area contributed by atoms with Gasteiger partial charge in [-0.2, -0.15) is 0 Å². The second kappa shape index (κ2) is 2.61. The van der Waals surface area contributed by atoms with Gasteiger partial charge in [0.25, 0.3) is 0 Å². The smallest absolute Gasteiger partial charge is 0.0356 e. The van der Waals surface area contributed by atoms with Crippen molar-refractivity contribution in [1.82, 2.24) is 0 Å². The van der Waals surface area contributed by atoms with Crippen molar-refractivity contribution in [3.05, 3.63) is 33.6 Å². The molecule has 1 heterocycles. The van der Waals surface area contributed by atoms with Crippen molar-refractivity contribution in [3.8, 4) is 0 Å². The predicted octanol–water partition coefficient (Wildman–Crippen LogP) is 3.97. The number of rotatable bonds is 0. The fourth-order valence-electron chi connectivity index (χ4n) is 1.16. The van der Waals surface area contributed by atoms with E-state index in [4.69, 9.17) is 0 Å².